The van der Waals surface area contributed by atoms with E-state index in [4.69, 9.17) is 28.4 Å². The molecule has 71 heavy (non-hydrogen) atoms. The highest BCUT2D eigenvalue weighted by Gasteiger charge is 2.47. The number of esters is 2. The van der Waals surface area contributed by atoms with Crippen LogP contribution >= 0.6 is 0 Å². The van der Waals surface area contributed by atoms with Crippen LogP contribution in [0, 0.1) is 0 Å². The van der Waals surface area contributed by atoms with Gasteiger partial charge in [0.2, 0.25) is 0 Å². The van der Waals surface area contributed by atoms with Crippen molar-refractivity contribution in [1.29, 1.82) is 0 Å². The van der Waals surface area contributed by atoms with Crippen molar-refractivity contribution in [2.75, 3.05) is 26.4 Å². The zero-order valence-corrected chi connectivity index (χ0v) is 44.7. The van der Waals surface area contributed by atoms with Crippen LogP contribution < -0.4 is 0 Å². The van der Waals surface area contributed by atoms with E-state index in [2.05, 4.69) is 13.8 Å². The molecular formula is C56H106O15. The Balaban J connectivity index is 1.71. The van der Waals surface area contributed by atoms with E-state index >= 15 is 0 Å². The predicted octanol–water partition coefficient (Wildman–Crippen LogP) is 9.56. The first-order chi connectivity index (χ1) is 34.5. The molecule has 15 heteroatoms. The zero-order chi connectivity index (χ0) is 51.7. The fourth-order valence-corrected chi connectivity index (χ4v) is 9.57. The van der Waals surface area contributed by atoms with Gasteiger partial charge in [0.05, 0.1) is 19.8 Å². The Kier molecular flexibility index (Phi) is 40.4. The Morgan fingerprint density at radius 2 is 0.718 bits per heavy atom. The van der Waals surface area contributed by atoms with Crippen molar-refractivity contribution in [3.8, 4) is 0 Å². The normalized spacial score (nSPS) is 25.1. The average molecular weight is 1020 g/mol. The molecule has 11 atom stereocenters. The third-order valence-corrected chi connectivity index (χ3v) is 14.3. The first-order valence-electron chi connectivity index (χ1n) is 29.1. The largest absolute Gasteiger partial charge is 0.462 e. The molecule has 0 aromatic rings. The van der Waals surface area contributed by atoms with Crippen LogP contribution in [0.3, 0.4) is 0 Å². The maximum absolute atomic E-state index is 13.1. The van der Waals surface area contributed by atoms with Gasteiger partial charge >= 0.3 is 11.9 Å². The van der Waals surface area contributed by atoms with Gasteiger partial charge in [0, 0.05) is 12.8 Å². The molecule has 0 saturated carbocycles. The lowest BCUT2D eigenvalue weighted by molar-refractivity contribution is -0.332. The number of hydrogen-bond donors (Lipinski definition) is 7. The van der Waals surface area contributed by atoms with Crippen molar-refractivity contribution in [3.63, 3.8) is 0 Å². The summed E-state index contributed by atoms with van der Waals surface area (Å²) in [6.07, 6.45) is 27.1. The highest BCUT2D eigenvalue weighted by atomic mass is 16.7. The van der Waals surface area contributed by atoms with Crippen LogP contribution in [-0.2, 0) is 38.0 Å². The van der Waals surface area contributed by atoms with E-state index in [0.717, 1.165) is 38.5 Å². The Bertz CT molecular complexity index is 1240. The van der Waals surface area contributed by atoms with Crippen molar-refractivity contribution in [3.05, 3.63) is 0 Å². The van der Waals surface area contributed by atoms with Crippen molar-refractivity contribution in [2.24, 2.45) is 0 Å². The van der Waals surface area contributed by atoms with Gasteiger partial charge in [-0.1, -0.05) is 226 Å². The standard InChI is InChI=1S/C56H106O15/c1-3-5-7-9-11-13-15-17-18-19-20-21-22-23-24-25-26-27-29-31-33-35-37-39-48(59)69-44(41-66-47(58)38-36-34-32-30-28-16-14-12-10-8-6-4-2)42-67-55-54(65)52(63)50(61)46(71-55)43-68-56-53(64)51(62)49(60)45(40-57)70-56/h44-46,49-57,60-65H,3-43H2,1-2H3. The molecule has 0 amide bonds. The second kappa shape index (κ2) is 43.7. The molecule has 7 N–H and O–H groups in total. The highest BCUT2D eigenvalue weighted by Crippen LogP contribution is 2.27. The molecule has 2 aliphatic heterocycles. The van der Waals surface area contributed by atoms with Crippen LogP contribution in [0.1, 0.15) is 251 Å². The number of unbranched alkanes of at least 4 members (excludes halogenated alkanes) is 33. The van der Waals surface area contributed by atoms with E-state index in [-0.39, 0.29) is 26.1 Å². The SMILES string of the molecule is CCCCCCCCCCCCCCCCCCCCCCCCCC(=O)OC(COC(=O)CCCCCCCCCCCCCC)COC1OC(COC2OC(CO)C(O)C(O)C2O)C(O)C(O)C1O. The summed E-state index contributed by atoms with van der Waals surface area (Å²) in [5.41, 5.74) is 0. The van der Waals surface area contributed by atoms with Crippen LogP contribution in [0.15, 0.2) is 0 Å². The zero-order valence-electron chi connectivity index (χ0n) is 44.7. The molecule has 0 aliphatic carbocycles. The quantitative estimate of drug-likeness (QED) is 0.0222. The summed E-state index contributed by atoms with van der Waals surface area (Å²) in [4.78, 5) is 25.8. The Morgan fingerprint density at radius 3 is 1.10 bits per heavy atom. The van der Waals surface area contributed by atoms with E-state index in [1.807, 2.05) is 0 Å². The fraction of sp³-hybridized carbons (Fsp3) is 0.964. The minimum atomic E-state index is -1.76. The molecule has 2 saturated heterocycles. The number of carbonyl (C=O) groups is 2. The topological polar surface area (TPSA) is 231 Å². The summed E-state index contributed by atoms with van der Waals surface area (Å²) < 4.78 is 33.7. The number of ether oxygens (including phenoxy) is 6. The van der Waals surface area contributed by atoms with Gasteiger partial charge in [-0.25, -0.2) is 0 Å². The van der Waals surface area contributed by atoms with Gasteiger partial charge in [-0.05, 0) is 12.8 Å². The maximum Gasteiger partial charge on any atom is 0.306 e. The van der Waals surface area contributed by atoms with Crippen LogP contribution in [0.2, 0.25) is 0 Å². The molecule has 0 aromatic carbocycles. The lowest BCUT2D eigenvalue weighted by atomic mass is 9.98. The molecular weight excluding hydrogens is 913 g/mol. The summed E-state index contributed by atoms with van der Waals surface area (Å²) >= 11 is 0. The van der Waals surface area contributed by atoms with Crippen molar-refractivity contribution in [2.45, 2.75) is 319 Å². The fourth-order valence-electron chi connectivity index (χ4n) is 9.57. The van der Waals surface area contributed by atoms with E-state index in [1.54, 1.807) is 0 Å². The first kappa shape index (κ1) is 65.6. The van der Waals surface area contributed by atoms with Gasteiger partial charge in [0.15, 0.2) is 18.7 Å². The third kappa shape index (κ3) is 31.2. The van der Waals surface area contributed by atoms with Gasteiger partial charge < -0.3 is 64.2 Å². The summed E-state index contributed by atoms with van der Waals surface area (Å²) in [5, 5.41) is 72.2. The lowest BCUT2D eigenvalue weighted by Crippen LogP contribution is -2.61. The van der Waals surface area contributed by atoms with E-state index < -0.39 is 92.7 Å². The maximum atomic E-state index is 13.1. The molecule has 2 heterocycles. The molecule has 11 unspecified atom stereocenters. The number of rotatable bonds is 47. The van der Waals surface area contributed by atoms with E-state index in [0.29, 0.717) is 12.8 Å². The van der Waals surface area contributed by atoms with E-state index in [9.17, 15) is 45.3 Å². The number of carbonyl (C=O) groups excluding carboxylic acids is 2. The number of aliphatic hydroxyl groups is 7. The Morgan fingerprint density at radius 1 is 0.394 bits per heavy atom. The smallest absolute Gasteiger partial charge is 0.306 e. The predicted molar refractivity (Wildman–Crippen MR) is 275 cm³/mol. The summed E-state index contributed by atoms with van der Waals surface area (Å²) in [6.45, 7) is 2.64. The molecule has 2 aliphatic rings. The van der Waals surface area contributed by atoms with Crippen molar-refractivity contribution < 1.29 is 73.8 Å². The van der Waals surface area contributed by atoms with Crippen molar-refractivity contribution in [1.82, 2.24) is 0 Å². The van der Waals surface area contributed by atoms with Crippen LogP contribution in [0.5, 0.6) is 0 Å². The van der Waals surface area contributed by atoms with Crippen molar-refractivity contribution >= 4 is 11.9 Å². The summed E-state index contributed by atoms with van der Waals surface area (Å²) in [5.74, 6) is -0.906. The van der Waals surface area contributed by atoms with Gasteiger partial charge in [-0.2, -0.15) is 0 Å². The lowest BCUT2D eigenvalue weighted by Gasteiger charge is -2.42. The molecule has 2 rings (SSSR count). The monoisotopic (exact) mass is 1020 g/mol. The third-order valence-electron chi connectivity index (χ3n) is 14.3. The van der Waals surface area contributed by atoms with Crippen LogP contribution in [-0.4, -0.2) is 142 Å². The van der Waals surface area contributed by atoms with E-state index in [1.165, 1.54) is 173 Å². The second-order valence-electron chi connectivity index (χ2n) is 20.8. The van der Waals surface area contributed by atoms with Gasteiger partial charge in [-0.3, -0.25) is 9.59 Å². The summed E-state index contributed by atoms with van der Waals surface area (Å²) in [6, 6.07) is 0. The molecule has 0 bridgehead atoms. The Labute approximate surface area is 429 Å². The second-order valence-corrected chi connectivity index (χ2v) is 20.8. The van der Waals surface area contributed by atoms with Gasteiger partial charge in [-0.15, -0.1) is 0 Å². The van der Waals surface area contributed by atoms with Gasteiger partial charge in [0.1, 0.15) is 55.4 Å². The first-order valence-corrected chi connectivity index (χ1v) is 29.1. The molecule has 15 nitrogen and oxygen atoms in total. The van der Waals surface area contributed by atoms with Gasteiger partial charge in [0.25, 0.3) is 0 Å². The molecule has 2 fully saturated rings. The van der Waals surface area contributed by atoms with Crippen LogP contribution in [0.4, 0.5) is 0 Å². The highest BCUT2D eigenvalue weighted by molar-refractivity contribution is 5.70. The molecule has 420 valence electrons. The number of hydrogen-bond acceptors (Lipinski definition) is 15. The van der Waals surface area contributed by atoms with Crippen LogP contribution in [0.25, 0.3) is 0 Å². The number of aliphatic hydroxyl groups excluding tert-OH is 7. The average Bonchev–Trinajstić information content (AvgIpc) is 3.36. The molecule has 0 radical (unpaired) electrons. The minimum absolute atomic E-state index is 0.174. The Hall–Kier alpha value is -1.50. The molecule has 0 spiro atoms. The molecule has 0 aromatic heterocycles. The summed E-state index contributed by atoms with van der Waals surface area (Å²) in [7, 11) is 0. The minimum Gasteiger partial charge on any atom is -0.462 e.